The second kappa shape index (κ2) is 5.35. The minimum atomic E-state index is -0.0537. The normalized spacial score (nSPS) is 12.5. The first-order chi connectivity index (χ1) is 8.93. The van der Waals surface area contributed by atoms with Gasteiger partial charge in [0.05, 0.1) is 13.2 Å². The SMILES string of the molecule is COc1cc(C)c(C(N)c2cc(C)c(C)s2)cc1C. The lowest BCUT2D eigenvalue weighted by molar-refractivity contribution is 0.411. The van der Waals surface area contributed by atoms with Crippen LogP contribution >= 0.6 is 11.3 Å². The molecule has 2 rings (SSSR count). The number of ether oxygens (including phenoxy) is 1. The van der Waals surface area contributed by atoms with Crippen LogP contribution in [0.3, 0.4) is 0 Å². The molecule has 1 heterocycles. The number of aryl methyl sites for hydroxylation is 4. The summed E-state index contributed by atoms with van der Waals surface area (Å²) in [5.74, 6) is 0.923. The van der Waals surface area contributed by atoms with Gasteiger partial charge in [-0.05, 0) is 62.1 Å². The second-order valence-electron chi connectivity index (χ2n) is 5.04. The maximum Gasteiger partial charge on any atom is 0.122 e. The number of benzene rings is 1. The van der Waals surface area contributed by atoms with Crippen LogP contribution in [0.2, 0.25) is 0 Å². The van der Waals surface area contributed by atoms with E-state index in [4.69, 9.17) is 10.5 Å². The van der Waals surface area contributed by atoms with Crippen LogP contribution in [-0.4, -0.2) is 7.11 Å². The molecule has 0 radical (unpaired) electrons. The number of hydrogen-bond acceptors (Lipinski definition) is 3. The van der Waals surface area contributed by atoms with Crippen LogP contribution in [0.5, 0.6) is 5.75 Å². The van der Waals surface area contributed by atoms with Crippen LogP contribution in [0.4, 0.5) is 0 Å². The average molecular weight is 275 g/mol. The van der Waals surface area contributed by atoms with Crippen molar-refractivity contribution in [1.29, 1.82) is 0 Å². The summed E-state index contributed by atoms with van der Waals surface area (Å²) in [6.45, 7) is 8.42. The third-order valence-corrected chi connectivity index (χ3v) is 4.85. The van der Waals surface area contributed by atoms with Gasteiger partial charge < -0.3 is 10.5 Å². The van der Waals surface area contributed by atoms with Crippen molar-refractivity contribution < 1.29 is 4.74 Å². The minimum absolute atomic E-state index is 0.0537. The molecule has 2 nitrogen and oxygen atoms in total. The smallest absolute Gasteiger partial charge is 0.122 e. The van der Waals surface area contributed by atoms with Gasteiger partial charge >= 0.3 is 0 Å². The molecule has 0 saturated carbocycles. The van der Waals surface area contributed by atoms with Crippen LogP contribution in [0.25, 0.3) is 0 Å². The number of hydrogen-bond donors (Lipinski definition) is 1. The number of nitrogens with two attached hydrogens (primary N) is 1. The van der Waals surface area contributed by atoms with Crippen molar-refractivity contribution in [2.45, 2.75) is 33.7 Å². The molecule has 3 heteroatoms. The van der Waals surface area contributed by atoms with Crippen molar-refractivity contribution in [3.63, 3.8) is 0 Å². The molecule has 0 amide bonds. The van der Waals surface area contributed by atoms with E-state index in [9.17, 15) is 0 Å². The van der Waals surface area contributed by atoms with Crippen molar-refractivity contribution in [3.8, 4) is 5.75 Å². The lowest BCUT2D eigenvalue weighted by Gasteiger charge is -2.16. The Kier molecular flexibility index (Phi) is 3.97. The summed E-state index contributed by atoms with van der Waals surface area (Å²) in [6, 6.07) is 6.35. The third-order valence-electron chi connectivity index (χ3n) is 3.61. The average Bonchev–Trinajstić information content (AvgIpc) is 2.71. The summed E-state index contributed by atoms with van der Waals surface area (Å²) in [5.41, 5.74) is 11.2. The number of thiophene rings is 1. The Labute approximate surface area is 119 Å². The maximum absolute atomic E-state index is 6.43. The molecular formula is C16H21NOS. The summed E-state index contributed by atoms with van der Waals surface area (Å²) in [5, 5.41) is 0. The molecule has 1 aromatic carbocycles. The molecule has 0 fully saturated rings. The molecule has 1 atom stereocenters. The van der Waals surface area contributed by atoms with Crippen molar-refractivity contribution in [2.75, 3.05) is 7.11 Å². The third kappa shape index (κ3) is 2.67. The highest BCUT2D eigenvalue weighted by molar-refractivity contribution is 7.12. The van der Waals surface area contributed by atoms with Gasteiger partial charge in [-0.15, -0.1) is 11.3 Å². The number of methoxy groups -OCH3 is 1. The molecule has 1 aromatic heterocycles. The van der Waals surface area contributed by atoms with E-state index >= 15 is 0 Å². The van der Waals surface area contributed by atoms with Crippen LogP contribution in [0.1, 0.15) is 38.0 Å². The molecule has 0 aliphatic rings. The summed E-state index contributed by atoms with van der Waals surface area (Å²) in [7, 11) is 1.70. The van der Waals surface area contributed by atoms with Crippen molar-refractivity contribution in [2.24, 2.45) is 5.73 Å². The van der Waals surface area contributed by atoms with E-state index in [2.05, 4.69) is 45.9 Å². The molecule has 19 heavy (non-hydrogen) atoms. The summed E-state index contributed by atoms with van der Waals surface area (Å²) >= 11 is 1.79. The Morgan fingerprint density at radius 2 is 1.68 bits per heavy atom. The largest absolute Gasteiger partial charge is 0.496 e. The van der Waals surface area contributed by atoms with E-state index in [-0.39, 0.29) is 6.04 Å². The van der Waals surface area contributed by atoms with Gasteiger partial charge in [0.2, 0.25) is 0 Å². The second-order valence-corrected chi connectivity index (χ2v) is 6.33. The van der Waals surface area contributed by atoms with Gasteiger partial charge in [-0.25, -0.2) is 0 Å². The van der Waals surface area contributed by atoms with Crippen molar-refractivity contribution >= 4 is 11.3 Å². The van der Waals surface area contributed by atoms with Crippen LogP contribution < -0.4 is 10.5 Å². The Morgan fingerprint density at radius 3 is 2.21 bits per heavy atom. The van der Waals surface area contributed by atoms with Crippen molar-refractivity contribution in [1.82, 2.24) is 0 Å². The standard InChI is InChI=1S/C16H21NOS/c1-9-8-15(19-12(9)4)16(17)13-6-11(3)14(18-5)7-10(13)2/h6-8,16H,17H2,1-5H3. The highest BCUT2D eigenvalue weighted by Crippen LogP contribution is 2.33. The van der Waals surface area contributed by atoms with Crippen LogP contribution in [0.15, 0.2) is 18.2 Å². The minimum Gasteiger partial charge on any atom is -0.496 e. The number of rotatable bonds is 3. The lowest BCUT2D eigenvalue weighted by atomic mass is 9.97. The maximum atomic E-state index is 6.43. The molecule has 102 valence electrons. The van der Waals surface area contributed by atoms with Gasteiger partial charge in [0.25, 0.3) is 0 Å². The van der Waals surface area contributed by atoms with Crippen LogP contribution in [0, 0.1) is 27.7 Å². The fourth-order valence-electron chi connectivity index (χ4n) is 2.28. The Hall–Kier alpha value is -1.32. The zero-order valence-electron chi connectivity index (χ0n) is 12.2. The fourth-order valence-corrected chi connectivity index (χ4v) is 3.34. The van der Waals surface area contributed by atoms with E-state index in [1.807, 2.05) is 0 Å². The van der Waals surface area contributed by atoms with E-state index in [0.29, 0.717) is 0 Å². The lowest BCUT2D eigenvalue weighted by Crippen LogP contribution is -2.12. The van der Waals surface area contributed by atoms with Gasteiger partial charge in [0.1, 0.15) is 5.75 Å². The zero-order valence-corrected chi connectivity index (χ0v) is 13.0. The predicted octanol–water partition coefficient (Wildman–Crippen LogP) is 4.04. The van der Waals surface area contributed by atoms with Gasteiger partial charge in [0, 0.05) is 9.75 Å². The van der Waals surface area contributed by atoms with Crippen molar-refractivity contribution in [3.05, 3.63) is 50.2 Å². The summed E-state index contributed by atoms with van der Waals surface area (Å²) in [4.78, 5) is 2.57. The molecule has 1 unspecified atom stereocenters. The summed E-state index contributed by atoms with van der Waals surface area (Å²) < 4.78 is 5.35. The topological polar surface area (TPSA) is 35.2 Å². The molecule has 2 N–H and O–H groups in total. The first-order valence-electron chi connectivity index (χ1n) is 6.41. The van der Waals surface area contributed by atoms with E-state index in [0.717, 1.165) is 11.3 Å². The first kappa shape index (κ1) is 14.1. The molecule has 0 saturated heterocycles. The van der Waals surface area contributed by atoms with Gasteiger partial charge in [-0.3, -0.25) is 0 Å². The van der Waals surface area contributed by atoms with E-state index < -0.39 is 0 Å². The van der Waals surface area contributed by atoms with Gasteiger partial charge in [-0.1, -0.05) is 6.07 Å². The first-order valence-corrected chi connectivity index (χ1v) is 7.23. The highest BCUT2D eigenvalue weighted by Gasteiger charge is 2.16. The van der Waals surface area contributed by atoms with E-state index in [1.54, 1.807) is 18.4 Å². The molecule has 0 aliphatic carbocycles. The molecule has 0 aliphatic heterocycles. The quantitative estimate of drug-likeness (QED) is 0.917. The Bertz CT molecular complexity index is 582. The summed E-state index contributed by atoms with van der Waals surface area (Å²) in [6.07, 6.45) is 0. The Balaban J connectivity index is 2.44. The Morgan fingerprint density at radius 1 is 1.00 bits per heavy atom. The zero-order chi connectivity index (χ0) is 14.2. The molecule has 2 aromatic rings. The highest BCUT2D eigenvalue weighted by atomic mass is 32.1. The van der Waals surface area contributed by atoms with Gasteiger partial charge in [-0.2, -0.15) is 0 Å². The van der Waals surface area contributed by atoms with E-state index in [1.165, 1.54) is 26.4 Å². The predicted molar refractivity (Wildman–Crippen MR) is 82.3 cm³/mol. The van der Waals surface area contributed by atoms with Crippen LogP contribution in [-0.2, 0) is 0 Å². The molecular weight excluding hydrogens is 254 g/mol. The molecule has 0 bridgehead atoms. The monoisotopic (exact) mass is 275 g/mol. The molecule has 0 spiro atoms. The fraction of sp³-hybridized carbons (Fsp3) is 0.375. The van der Waals surface area contributed by atoms with Gasteiger partial charge in [0.15, 0.2) is 0 Å².